The van der Waals surface area contributed by atoms with Gasteiger partial charge in [0, 0.05) is 10.9 Å². The monoisotopic (exact) mass is 398 g/mol. The Morgan fingerprint density at radius 2 is 1.23 bits per heavy atom. The molecule has 5 aromatic rings. The van der Waals surface area contributed by atoms with Gasteiger partial charge in [-0.05, 0) is 56.0 Å². The number of benzene rings is 4. The van der Waals surface area contributed by atoms with Crippen LogP contribution in [0.3, 0.4) is 0 Å². The van der Waals surface area contributed by atoms with Crippen LogP contribution in [0.2, 0.25) is 0 Å². The summed E-state index contributed by atoms with van der Waals surface area (Å²) in [5.74, 6) is 0.869. The number of hydrogen-bond acceptors (Lipinski definition) is 1. The molecule has 0 bridgehead atoms. The second-order valence-electron chi connectivity index (χ2n) is 6.39. The molecule has 0 amide bonds. The molecule has 124 valence electrons. The standard InChI is InChI=1S/C24H15BrO/c25-23-21-14-18-9-4-5-10-19(18)15-22(21)26-24(23)20-12-6-11-17(13-20)16-7-2-1-3-8-16/h1-15H. The smallest absolute Gasteiger partial charge is 0.149 e. The van der Waals surface area contributed by atoms with E-state index in [0.717, 1.165) is 26.8 Å². The Labute approximate surface area is 160 Å². The van der Waals surface area contributed by atoms with Gasteiger partial charge >= 0.3 is 0 Å². The van der Waals surface area contributed by atoms with E-state index in [0.29, 0.717) is 0 Å². The molecule has 0 atom stereocenters. The first kappa shape index (κ1) is 15.4. The van der Waals surface area contributed by atoms with Crippen molar-refractivity contribution in [2.45, 2.75) is 0 Å². The quantitative estimate of drug-likeness (QED) is 0.297. The number of hydrogen-bond donors (Lipinski definition) is 0. The highest BCUT2D eigenvalue weighted by Gasteiger charge is 2.15. The van der Waals surface area contributed by atoms with Crippen LogP contribution < -0.4 is 0 Å². The van der Waals surface area contributed by atoms with E-state index in [-0.39, 0.29) is 0 Å². The molecule has 0 aliphatic carbocycles. The minimum atomic E-state index is 0.869. The van der Waals surface area contributed by atoms with Crippen LogP contribution in [0, 0.1) is 0 Å². The SMILES string of the molecule is Brc1c(-c2cccc(-c3ccccc3)c2)oc2cc3ccccc3cc12. The third-order valence-corrected chi connectivity index (χ3v) is 5.51. The lowest BCUT2D eigenvalue weighted by Crippen LogP contribution is -1.80. The molecule has 0 N–H and O–H groups in total. The summed E-state index contributed by atoms with van der Waals surface area (Å²) < 4.78 is 7.24. The summed E-state index contributed by atoms with van der Waals surface area (Å²) in [6, 6.07) is 31.5. The Kier molecular flexibility index (Phi) is 3.65. The number of halogens is 1. The lowest BCUT2D eigenvalue weighted by molar-refractivity contribution is 0.630. The summed E-state index contributed by atoms with van der Waals surface area (Å²) in [4.78, 5) is 0. The molecule has 0 saturated carbocycles. The second kappa shape index (κ2) is 6.15. The zero-order valence-electron chi connectivity index (χ0n) is 13.9. The topological polar surface area (TPSA) is 13.1 Å². The molecule has 0 spiro atoms. The Morgan fingerprint density at radius 3 is 2.04 bits per heavy atom. The molecule has 4 aromatic carbocycles. The lowest BCUT2D eigenvalue weighted by atomic mass is 10.0. The molecule has 0 fully saturated rings. The predicted octanol–water partition coefficient (Wildman–Crippen LogP) is 7.68. The molecule has 0 unspecified atom stereocenters. The number of rotatable bonds is 2. The van der Waals surface area contributed by atoms with Crippen LogP contribution in [-0.2, 0) is 0 Å². The van der Waals surface area contributed by atoms with Gasteiger partial charge in [-0.3, -0.25) is 0 Å². The third kappa shape index (κ3) is 2.54. The minimum absolute atomic E-state index is 0.869. The van der Waals surface area contributed by atoms with Gasteiger partial charge in [0.25, 0.3) is 0 Å². The zero-order chi connectivity index (χ0) is 17.5. The van der Waals surface area contributed by atoms with E-state index in [1.165, 1.54) is 21.9 Å². The lowest BCUT2D eigenvalue weighted by Gasteiger charge is -2.04. The summed E-state index contributed by atoms with van der Waals surface area (Å²) in [5.41, 5.74) is 4.35. The van der Waals surface area contributed by atoms with E-state index in [4.69, 9.17) is 4.42 Å². The normalized spacial score (nSPS) is 11.3. The average molecular weight is 399 g/mol. The highest BCUT2D eigenvalue weighted by molar-refractivity contribution is 9.10. The van der Waals surface area contributed by atoms with Crippen molar-refractivity contribution >= 4 is 37.7 Å². The van der Waals surface area contributed by atoms with Crippen molar-refractivity contribution in [1.82, 2.24) is 0 Å². The maximum absolute atomic E-state index is 6.24. The highest BCUT2D eigenvalue weighted by Crippen LogP contribution is 2.40. The molecule has 0 aliphatic heterocycles. The Morgan fingerprint density at radius 1 is 0.577 bits per heavy atom. The Bertz CT molecular complexity index is 1240. The molecular weight excluding hydrogens is 384 g/mol. The fraction of sp³-hybridized carbons (Fsp3) is 0. The molecule has 2 heteroatoms. The van der Waals surface area contributed by atoms with Gasteiger partial charge in [0.05, 0.1) is 4.47 Å². The van der Waals surface area contributed by atoms with Gasteiger partial charge < -0.3 is 4.42 Å². The molecule has 26 heavy (non-hydrogen) atoms. The summed E-state index contributed by atoms with van der Waals surface area (Å²) in [5, 5.41) is 3.50. The van der Waals surface area contributed by atoms with Gasteiger partial charge in [0.2, 0.25) is 0 Å². The fourth-order valence-corrected chi connectivity index (χ4v) is 4.03. The van der Waals surface area contributed by atoms with E-state index in [9.17, 15) is 0 Å². The van der Waals surface area contributed by atoms with Gasteiger partial charge in [-0.2, -0.15) is 0 Å². The van der Waals surface area contributed by atoms with E-state index in [2.05, 4.69) is 101 Å². The Balaban J connectivity index is 1.69. The maximum atomic E-state index is 6.24. The van der Waals surface area contributed by atoms with Crippen LogP contribution in [-0.4, -0.2) is 0 Å². The van der Waals surface area contributed by atoms with Crippen molar-refractivity contribution in [1.29, 1.82) is 0 Å². The molecule has 1 aromatic heterocycles. The first-order valence-electron chi connectivity index (χ1n) is 8.56. The largest absolute Gasteiger partial charge is 0.455 e. The average Bonchev–Trinajstić information content (AvgIpc) is 3.03. The van der Waals surface area contributed by atoms with E-state index in [1.807, 2.05) is 6.07 Å². The summed E-state index contributed by atoms with van der Waals surface area (Å²) >= 11 is 3.76. The first-order chi connectivity index (χ1) is 12.8. The summed E-state index contributed by atoms with van der Waals surface area (Å²) in [6.45, 7) is 0. The van der Waals surface area contributed by atoms with Gasteiger partial charge in [0.1, 0.15) is 11.3 Å². The van der Waals surface area contributed by atoms with E-state index in [1.54, 1.807) is 0 Å². The summed E-state index contributed by atoms with van der Waals surface area (Å²) in [6.07, 6.45) is 0. The second-order valence-corrected chi connectivity index (χ2v) is 7.18. The summed E-state index contributed by atoms with van der Waals surface area (Å²) in [7, 11) is 0. The molecule has 1 heterocycles. The fourth-order valence-electron chi connectivity index (χ4n) is 3.41. The first-order valence-corrected chi connectivity index (χ1v) is 9.35. The van der Waals surface area contributed by atoms with Crippen molar-refractivity contribution in [3.8, 4) is 22.5 Å². The van der Waals surface area contributed by atoms with Crippen LogP contribution in [0.25, 0.3) is 44.2 Å². The van der Waals surface area contributed by atoms with Crippen molar-refractivity contribution in [2.24, 2.45) is 0 Å². The zero-order valence-corrected chi connectivity index (χ0v) is 15.5. The van der Waals surface area contributed by atoms with E-state index < -0.39 is 0 Å². The number of furan rings is 1. The van der Waals surface area contributed by atoms with Gasteiger partial charge in [-0.25, -0.2) is 0 Å². The van der Waals surface area contributed by atoms with E-state index >= 15 is 0 Å². The van der Waals surface area contributed by atoms with Crippen LogP contribution in [0.15, 0.2) is 99.9 Å². The van der Waals surface area contributed by atoms with Gasteiger partial charge in [0.15, 0.2) is 0 Å². The van der Waals surface area contributed by atoms with Crippen LogP contribution in [0.5, 0.6) is 0 Å². The Hall–Kier alpha value is -2.84. The maximum Gasteiger partial charge on any atom is 0.149 e. The third-order valence-electron chi connectivity index (χ3n) is 4.73. The van der Waals surface area contributed by atoms with Crippen LogP contribution in [0.4, 0.5) is 0 Å². The highest BCUT2D eigenvalue weighted by atomic mass is 79.9. The molecule has 0 aliphatic rings. The van der Waals surface area contributed by atoms with Crippen LogP contribution >= 0.6 is 15.9 Å². The van der Waals surface area contributed by atoms with Crippen molar-refractivity contribution < 1.29 is 4.42 Å². The van der Waals surface area contributed by atoms with Crippen molar-refractivity contribution in [2.75, 3.05) is 0 Å². The molecule has 0 saturated heterocycles. The van der Waals surface area contributed by atoms with Gasteiger partial charge in [-0.15, -0.1) is 0 Å². The molecule has 5 rings (SSSR count). The predicted molar refractivity (Wildman–Crippen MR) is 112 cm³/mol. The van der Waals surface area contributed by atoms with Gasteiger partial charge in [-0.1, -0.05) is 72.8 Å². The number of fused-ring (bicyclic) bond motifs is 2. The van der Waals surface area contributed by atoms with Crippen molar-refractivity contribution in [3.05, 3.63) is 95.5 Å². The van der Waals surface area contributed by atoms with Crippen molar-refractivity contribution in [3.63, 3.8) is 0 Å². The molecule has 1 nitrogen and oxygen atoms in total. The molecular formula is C24H15BrO. The molecule has 0 radical (unpaired) electrons. The van der Waals surface area contributed by atoms with Crippen LogP contribution in [0.1, 0.15) is 0 Å². The minimum Gasteiger partial charge on any atom is -0.455 e.